The summed E-state index contributed by atoms with van der Waals surface area (Å²) in [6, 6.07) is 3.32. The van der Waals surface area contributed by atoms with Crippen LogP contribution in [0.15, 0.2) is 18.2 Å². The van der Waals surface area contributed by atoms with Gasteiger partial charge in [-0.05, 0) is 12.5 Å². The average Bonchev–Trinajstić information content (AvgIpc) is 2.25. The molecule has 0 aromatic heterocycles. The van der Waals surface area contributed by atoms with Gasteiger partial charge in [0.1, 0.15) is 15.6 Å². The SMILES string of the molecule is CS(=O)(=O)CCc1cc([N+](=O)[O-])ccc1OC(=O)O. The van der Waals surface area contributed by atoms with Crippen LogP contribution in [0.3, 0.4) is 0 Å². The maximum atomic E-state index is 11.1. The van der Waals surface area contributed by atoms with Crippen molar-refractivity contribution in [3.8, 4) is 5.75 Å². The number of nitrogens with zero attached hydrogens (tertiary/aromatic N) is 1. The second-order valence-electron chi connectivity index (χ2n) is 3.80. The summed E-state index contributed by atoms with van der Waals surface area (Å²) in [5.41, 5.74) is -0.108. The minimum atomic E-state index is -3.27. The summed E-state index contributed by atoms with van der Waals surface area (Å²) in [5.74, 6) is -0.369. The highest BCUT2D eigenvalue weighted by atomic mass is 32.2. The number of nitro groups is 1. The van der Waals surface area contributed by atoms with Gasteiger partial charge in [0.05, 0.1) is 10.7 Å². The Morgan fingerprint density at radius 1 is 1.47 bits per heavy atom. The summed E-state index contributed by atoms with van der Waals surface area (Å²) in [7, 11) is -3.27. The van der Waals surface area contributed by atoms with E-state index in [2.05, 4.69) is 4.74 Å². The molecule has 1 aromatic rings. The second kappa shape index (κ2) is 5.65. The van der Waals surface area contributed by atoms with Gasteiger partial charge in [-0.25, -0.2) is 13.2 Å². The van der Waals surface area contributed by atoms with E-state index in [1.807, 2.05) is 0 Å². The van der Waals surface area contributed by atoms with E-state index in [9.17, 15) is 23.3 Å². The van der Waals surface area contributed by atoms with E-state index in [-0.39, 0.29) is 29.2 Å². The molecule has 1 N–H and O–H groups in total. The van der Waals surface area contributed by atoms with E-state index in [0.29, 0.717) is 0 Å². The van der Waals surface area contributed by atoms with Crippen LogP contribution in [0, 0.1) is 10.1 Å². The van der Waals surface area contributed by atoms with Crippen LogP contribution in [0.1, 0.15) is 5.56 Å². The van der Waals surface area contributed by atoms with Gasteiger partial charge >= 0.3 is 6.16 Å². The molecule has 0 fully saturated rings. The molecule has 0 saturated carbocycles. The number of hydrogen-bond donors (Lipinski definition) is 1. The van der Waals surface area contributed by atoms with E-state index >= 15 is 0 Å². The van der Waals surface area contributed by atoms with Crippen LogP contribution in [0.25, 0.3) is 0 Å². The number of nitro benzene ring substituents is 1. The van der Waals surface area contributed by atoms with E-state index in [1.165, 1.54) is 0 Å². The Bertz CT molecular complexity index is 608. The molecule has 0 heterocycles. The van der Waals surface area contributed by atoms with Crippen LogP contribution in [-0.4, -0.2) is 36.6 Å². The summed E-state index contributed by atoms with van der Waals surface area (Å²) in [6.07, 6.45) is -0.625. The molecule has 1 aromatic carbocycles. The van der Waals surface area contributed by atoms with Crippen molar-refractivity contribution in [2.24, 2.45) is 0 Å². The molecule has 0 radical (unpaired) electrons. The third kappa shape index (κ3) is 4.92. The van der Waals surface area contributed by atoms with E-state index in [4.69, 9.17) is 5.11 Å². The molecule has 104 valence electrons. The number of carboxylic acid groups (broad SMARTS) is 1. The molecule has 0 unspecified atom stereocenters. The van der Waals surface area contributed by atoms with Crippen LogP contribution in [-0.2, 0) is 16.3 Å². The fraction of sp³-hybridized carbons (Fsp3) is 0.300. The van der Waals surface area contributed by atoms with Crippen molar-refractivity contribution < 1.29 is 28.0 Å². The first kappa shape index (κ1) is 14.9. The predicted octanol–water partition coefficient (Wildman–Crippen LogP) is 1.24. The average molecular weight is 289 g/mol. The molecule has 19 heavy (non-hydrogen) atoms. The second-order valence-corrected chi connectivity index (χ2v) is 6.06. The first-order chi connectivity index (χ1) is 8.69. The fourth-order valence-electron chi connectivity index (χ4n) is 1.36. The molecule has 0 bridgehead atoms. The summed E-state index contributed by atoms with van der Waals surface area (Å²) in [6.45, 7) is 0. The van der Waals surface area contributed by atoms with E-state index in [0.717, 1.165) is 24.5 Å². The zero-order valence-corrected chi connectivity index (χ0v) is 10.7. The number of sulfone groups is 1. The van der Waals surface area contributed by atoms with Crippen molar-refractivity contribution >= 4 is 21.7 Å². The third-order valence-corrected chi connectivity index (χ3v) is 3.14. The number of benzene rings is 1. The predicted molar refractivity (Wildman–Crippen MR) is 65.2 cm³/mol. The highest BCUT2D eigenvalue weighted by Crippen LogP contribution is 2.25. The number of carbonyl (C=O) groups is 1. The molecule has 0 aliphatic carbocycles. The highest BCUT2D eigenvalue weighted by Gasteiger charge is 2.15. The summed E-state index contributed by atoms with van der Waals surface area (Å²) in [5, 5.41) is 19.1. The Morgan fingerprint density at radius 2 is 2.11 bits per heavy atom. The molecule has 0 aliphatic heterocycles. The minimum absolute atomic E-state index is 0.0663. The first-order valence-corrected chi connectivity index (χ1v) is 7.11. The fourth-order valence-corrected chi connectivity index (χ4v) is 1.95. The topological polar surface area (TPSA) is 124 Å². The van der Waals surface area contributed by atoms with E-state index < -0.39 is 20.9 Å². The van der Waals surface area contributed by atoms with Crippen molar-refractivity contribution in [3.05, 3.63) is 33.9 Å². The van der Waals surface area contributed by atoms with Gasteiger partial charge in [-0.2, -0.15) is 0 Å². The number of non-ortho nitro benzene ring substituents is 1. The van der Waals surface area contributed by atoms with Gasteiger partial charge in [-0.15, -0.1) is 0 Å². The maximum Gasteiger partial charge on any atom is 0.511 e. The highest BCUT2D eigenvalue weighted by molar-refractivity contribution is 7.90. The lowest BCUT2D eigenvalue weighted by Crippen LogP contribution is -2.10. The molecule has 0 atom stereocenters. The van der Waals surface area contributed by atoms with Crippen molar-refractivity contribution in [2.45, 2.75) is 6.42 Å². The Morgan fingerprint density at radius 3 is 2.58 bits per heavy atom. The molecule has 0 spiro atoms. The zero-order valence-electron chi connectivity index (χ0n) is 9.90. The number of hydrogen-bond acceptors (Lipinski definition) is 6. The molecular weight excluding hydrogens is 278 g/mol. The van der Waals surface area contributed by atoms with Crippen molar-refractivity contribution in [2.75, 3.05) is 12.0 Å². The standard InChI is InChI=1S/C10H11NO7S/c1-19(16,17)5-4-7-6-8(11(14)15)2-3-9(7)18-10(12)13/h2-3,6H,4-5H2,1H3,(H,12,13). The Hall–Kier alpha value is -2.16. The molecule has 1 rings (SSSR count). The van der Waals surface area contributed by atoms with Gasteiger partial charge in [0.25, 0.3) is 5.69 Å². The van der Waals surface area contributed by atoms with Crippen molar-refractivity contribution in [1.29, 1.82) is 0 Å². The Labute approximate surface area is 108 Å². The van der Waals surface area contributed by atoms with Gasteiger partial charge in [-0.3, -0.25) is 10.1 Å². The molecule has 9 heteroatoms. The number of aryl methyl sites for hydroxylation is 1. The van der Waals surface area contributed by atoms with Crippen LogP contribution in [0.4, 0.5) is 10.5 Å². The van der Waals surface area contributed by atoms with Crippen LogP contribution in [0.5, 0.6) is 5.75 Å². The van der Waals surface area contributed by atoms with Gasteiger partial charge in [-0.1, -0.05) is 0 Å². The quantitative estimate of drug-likeness (QED) is 0.374. The largest absolute Gasteiger partial charge is 0.511 e. The summed E-state index contributed by atoms with van der Waals surface area (Å²) < 4.78 is 26.6. The van der Waals surface area contributed by atoms with Crippen LogP contribution in [0.2, 0.25) is 0 Å². The summed E-state index contributed by atoms with van der Waals surface area (Å²) >= 11 is 0. The smallest absolute Gasteiger partial charge is 0.449 e. The Balaban J connectivity index is 3.10. The van der Waals surface area contributed by atoms with Gasteiger partial charge < -0.3 is 9.84 Å². The van der Waals surface area contributed by atoms with Gasteiger partial charge in [0, 0.05) is 24.0 Å². The monoisotopic (exact) mass is 289 g/mol. The van der Waals surface area contributed by atoms with Crippen LogP contribution < -0.4 is 4.74 Å². The van der Waals surface area contributed by atoms with E-state index in [1.54, 1.807) is 0 Å². The lowest BCUT2D eigenvalue weighted by atomic mass is 10.1. The number of ether oxygens (including phenoxy) is 1. The maximum absolute atomic E-state index is 11.1. The van der Waals surface area contributed by atoms with Gasteiger partial charge in [0.2, 0.25) is 0 Å². The molecule has 0 saturated heterocycles. The number of rotatable bonds is 5. The zero-order chi connectivity index (χ0) is 14.6. The van der Waals surface area contributed by atoms with Gasteiger partial charge in [0.15, 0.2) is 0 Å². The Kier molecular flexibility index (Phi) is 4.43. The normalized spacial score (nSPS) is 11.0. The van der Waals surface area contributed by atoms with Crippen molar-refractivity contribution in [3.63, 3.8) is 0 Å². The van der Waals surface area contributed by atoms with Crippen LogP contribution >= 0.6 is 0 Å². The minimum Gasteiger partial charge on any atom is -0.449 e. The molecular formula is C10H11NO7S. The summed E-state index contributed by atoms with van der Waals surface area (Å²) in [4.78, 5) is 20.4. The lowest BCUT2D eigenvalue weighted by Gasteiger charge is -2.07. The molecule has 0 aliphatic rings. The van der Waals surface area contributed by atoms with Crippen molar-refractivity contribution in [1.82, 2.24) is 0 Å². The molecule has 0 amide bonds. The first-order valence-electron chi connectivity index (χ1n) is 5.05. The third-order valence-electron chi connectivity index (χ3n) is 2.19. The molecule has 8 nitrogen and oxygen atoms in total. The lowest BCUT2D eigenvalue weighted by molar-refractivity contribution is -0.384.